The van der Waals surface area contributed by atoms with Crippen LogP contribution in [0.15, 0.2) is 18.2 Å². The van der Waals surface area contributed by atoms with Crippen LogP contribution in [0.3, 0.4) is 0 Å². The number of thioether (sulfide) groups is 1. The normalized spacial score (nSPS) is 9.83. The molecule has 0 bridgehead atoms. The summed E-state index contributed by atoms with van der Waals surface area (Å²) >= 11 is 1.10. The summed E-state index contributed by atoms with van der Waals surface area (Å²) in [5.74, 6) is 0.0642. The van der Waals surface area contributed by atoms with Crippen molar-refractivity contribution >= 4 is 16.9 Å². The standard InChI is InChI=1S/C9H10O2S/c1-6-3-4-7(8(10)5-6)9(11)12-2/h3-5,10H,1-2H3. The number of carbonyl (C=O) groups is 1. The van der Waals surface area contributed by atoms with Gasteiger partial charge in [-0.2, -0.15) is 0 Å². The van der Waals surface area contributed by atoms with Gasteiger partial charge in [-0.3, -0.25) is 4.79 Å². The van der Waals surface area contributed by atoms with Gasteiger partial charge in [0, 0.05) is 0 Å². The highest BCUT2D eigenvalue weighted by molar-refractivity contribution is 8.13. The topological polar surface area (TPSA) is 37.3 Å². The van der Waals surface area contributed by atoms with Gasteiger partial charge in [-0.1, -0.05) is 17.8 Å². The molecule has 2 nitrogen and oxygen atoms in total. The summed E-state index contributed by atoms with van der Waals surface area (Å²) in [5.41, 5.74) is 1.33. The molecule has 0 atom stereocenters. The van der Waals surface area contributed by atoms with Gasteiger partial charge in [-0.05, 0) is 30.9 Å². The van der Waals surface area contributed by atoms with E-state index in [1.165, 1.54) is 0 Å². The number of phenols is 1. The molecule has 1 aromatic rings. The molecule has 0 spiro atoms. The van der Waals surface area contributed by atoms with E-state index in [4.69, 9.17) is 0 Å². The molecule has 0 radical (unpaired) electrons. The molecule has 64 valence electrons. The fourth-order valence-corrected chi connectivity index (χ4v) is 1.32. The summed E-state index contributed by atoms with van der Waals surface area (Å²) < 4.78 is 0. The van der Waals surface area contributed by atoms with E-state index in [0.717, 1.165) is 17.3 Å². The Morgan fingerprint density at radius 2 is 2.17 bits per heavy atom. The summed E-state index contributed by atoms with van der Waals surface area (Å²) in [4.78, 5) is 11.1. The van der Waals surface area contributed by atoms with Crippen molar-refractivity contribution in [3.63, 3.8) is 0 Å². The van der Waals surface area contributed by atoms with E-state index >= 15 is 0 Å². The minimum absolute atomic E-state index is 0.0642. The van der Waals surface area contributed by atoms with Crippen molar-refractivity contribution in [2.45, 2.75) is 6.92 Å². The summed E-state index contributed by atoms with van der Waals surface area (Å²) in [7, 11) is 0. The summed E-state index contributed by atoms with van der Waals surface area (Å²) in [6.45, 7) is 1.87. The summed E-state index contributed by atoms with van der Waals surface area (Å²) in [6.07, 6.45) is 1.70. The zero-order valence-electron chi connectivity index (χ0n) is 7.00. The van der Waals surface area contributed by atoms with Crippen LogP contribution >= 0.6 is 11.8 Å². The molecule has 1 N–H and O–H groups in total. The van der Waals surface area contributed by atoms with Gasteiger partial charge in [0.25, 0.3) is 0 Å². The van der Waals surface area contributed by atoms with Crippen LogP contribution in [0.5, 0.6) is 5.75 Å². The first-order valence-corrected chi connectivity index (χ1v) is 4.75. The van der Waals surface area contributed by atoms with Crippen LogP contribution in [0, 0.1) is 6.92 Å². The Morgan fingerprint density at radius 3 is 2.67 bits per heavy atom. The SMILES string of the molecule is CSC(=O)c1ccc(C)cc1O. The number of rotatable bonds is 1. The Morgan fingerprint density at radius 1 is 1.50 bits per heavy atom. The van der Waals surface area contributed by atoms with Crippen molar-refractivity contribution in [2.24, 2.45) is 0 Å². The number of hydrogen-bond acceptors (Lipinski definition) is 3. The van der Waals surface area contributed by atoms with Gasteiger partial charge >= 0.3 is 0 Å². The average molecular weight is 182 g/mol. The quantitative estimate of drug-likeness (QED) is 0.723. The molecule has 0 aromatic heterocycles. The second kappa shape index (κ2) is 3.63. The second-order valence-electron chi connectivity index (χ2n) is 2.51. The molecule has 0 heterocycles. The van der Waals surface area contributed by atoms with E-state index in [1.54, 1.807) is 18.4 Å². The molecule has 0 saturated carbocycles. The fourth-order valence-electron chi connectivity index (χ4n) is 0.924. The van der Waals surface area contributed by atoms with Crippen LogP contribution in [0.4, 0.5) is 0 Å². The molecule has 1 rings (SSSR count). The van der Waals surface area contributed by atoms with Gasteiger partial charge in [0.15, 0.2) is 0 Å². The van der Waals surface area contributed by atoms with Gasteiger partial charge in [0.05, 0.1) is 5.56 Å². The predicted octanol–water partition coefficient (Wildman–Crippen LogP) is 2.20. The smallest absolute Gasteiger partial charge is 0.222 e. The Labute approximate surface area is 75.6 Å². The Balaban J connectivity index is 3.09. The van der Waals surface area contributed by atoms with E-state index in [-0.39, 0.29) is 10.9 Å². The van der Waals surface area contributed by atoms with Crippen LogP contribution in [0.2, 0.25) is 0 Å². The summed E-state index contributed by atoms with van der Waals surface area (Å²) in [6, 6.07) is 5.04. The van der Waals surface area contributed by atoms with Crippen LogP contribution in [-0.4, -0.2) is 16.5 Å². The van der Waals surface area contributed by atoms with Crippen LogP contribution < -0.4 is 0 Å². The van der Waals surface area contributed by atoms with E-state index in [1.807, 2.05) is 13.0 Å². The third-order valence-corrected chi connectivity index (χ3v) is 2.15. The number of hydrogen-bond donors (Lipinski definition) is 1. The summed E-state index contributed by atoms with van der Waals surface area (Å²) in [5, 5.41) is 9.25. The molecule has 0 aliphatic rings. The molecule has 1 aromatic carbocycles. The average Bonchev–Trinajstić information content (AvgIpc) is 2.03. The molecule has 0 saturated heterocycles. The molecule has 0 aliphatic heterocycles. The lowest BCUT2D eigenvalue weighted by atomic mass is 10.1. The lowest BCUT2D eigenvalue weighted by Crippen LogP contribution is -1.92. The maximum Gasteiger partial charge on any atom is 0.222 e. The van der Waals surface area contributed by atoms with E-state index in [0.29, 0.717) is 5.56 Å². The van der Waals surface area contributed by atoms with Crippen molar-refractivity contribution in [1.82, 2.24) is 0 Å². The Bertz CT molecular complexity index is 307. The molecule has 0 fully saturated rings. The van der Waals surface area contributed by atoms with Crippen molar-refractivity contribution in [3.8, 4) is 5.75 Å². The monoisotopic (exact) mass is 182 g/mol. The van der Waals surface area contributed by atoms with Crippen LogP contribution in [0.25, 0.3) is 0 Å². The lowest BCUT2D eigenvalue weighted by molar-refractivity contribution is 0.108. The molecular formula is C9H10O2S. The minimum atomic E-state index is -0.104. The van der Waals surface area contributed by atoms with E-state index in [2.05, 4.69) is 0 Å². The third kappa shape index (κ3) is 1.80. The van der Waals surface area contributed by atoms with Crippen molar-refractivity contribution in [1.29, 1.82) is 0 Å². The van der Waals surface area contributed by atoms with E-state index < -0.39 is 0 Å². The highest BCUT2D eigenvalue weighted by Gasteiger charge is 2.08. The highest BCUT2D eigenvalue weighted by atomic mass is 32.2. The van der Waals surface area contributed by atoms with Gasteiger partial charge in [0.1, 0.15) is 5.75 Å². The first kappa shape index (κ1) is 9.13. The molecule has 0 amide bonds. The number of phenolic OH excluding ortho intramolecular Hbond substituents is 1. The number of aromatic hydroxyl groups is 1. The zero-order valence-corrected chi connectivity index (χ0v) is 7.81. The fraction of sp³-hybridized carbons (Fsp3) is 0.222. The second-order valence-corrected chi connectivity index (χ2v) is 3.29. The van der Waals surface area contributed by atoms with Crippen LogP contribution in [-0.2, 0) is 0 Å². The van der Waals surface area contributed by atoms with Crippen LogP contribution in [0.1, 0.15) is 15.9 Å². The zero-order chi connectivity index (χ0) is 9.14. The van der Waals surface area contributed by atoms with Crippen molar-refractivity contribution < 1.29 is 9.90 Å². The number of carbonyl (C=O) groups excluding carboxylic acids is 1. The van der Waals surface area contributed by atoms with Gasteiger partial charge in [-0.15, -0.1) is 0 Å². The predicted molar refractivity (Wildman–Crippen MR) is 50.7 cm³/mol. The van der Waals surface area contributed by atoms with Crippen molar-refractivity contribution in [2.75, 3.05) is 6.26 Å². The highest BCUT2D eigenvalue weighted by Crippen LogP contribution is 2.21. The number of benzene rings is 1. The molecular weight excluding hydrogens is 172 g/mol. The van der Waals surface area contributed by atoms with E-state index in [9.17, 15) is 9.90 Å². The van der Waals surface area contributed by atoms with Gasteiger partial charge in [-0.25, -0.2) is 0 Å². The largest absolute Gasteiger partial charge is 0.507 e. The Kier molecular flexibility index (Phi) is 2.76. The maximum atomic E-state index is 11.1. The Hall–Kier alpha value is -0.960. The molecule has 3 heteroatoms. The first-order valence-electron chi connectivity index (χ1n) is 3.53. The number of aryl methyl sites for hydroxylation is 1. The minimum Gasteiger partial charge on any atom is -0.507 e. The van der Waals surface area contributed by atoms with Crippen molar-refractivity contribution in [3.05, 3.63) is 29.3 Å². The molecule has 12 heavy (non-hydrogen) atoms. The third-order valence-electron chi connectivity index (χ3n) is 1.56. The maximum absolute atomic E-state index is 11.1. The lowest BCUT2D eigenvalue weighted by Gasteiger charge is -2.01. The molecule has 0 aliphatic carbocycles. The molecule has 0 unspecified atom stereocenters. The first-order chi connectivity index (χ1) is 5.65. The van der Waals surface area contributed by atoms with Gasteiger partial charge < -0.3 is 5.11 Å². The van der Waals surface area contributed by atoms with Gasteiger partial charge in [0.2, 0.25) is 5.12 Å².